The van der Waals surface area contributed by atoms with Gasteiger partial charge in [0.25, 0.3) is 5.91 Å². The predicted octanol–water partition coefficient (Wildman–Crippen LogP) is 0.799. The van der Waals surface area contributed by atoms with Gasteiger partial charge < -0.3 is 10.4 Å². The van der Waals surface area contributed by atoms with Crippen molar-refractivity contribution in [1.82, 2.24) is 25.5 Å². The molecule has 0 radical (unpaired) electrons. The molecule has 2 aromatic rings. The van der Waals surface area contributed by atoms with Gasteiger partial charge >= 0.3 is 0 Å². The SMILES string of the molecule is CC(O)CC(C)CNC(=O)c1ccccc1-n1cnnn1. The van der Waals surface area contributed by atoms with Crippen molar-refractivity contribution in [2.45, 2.75) is 26.4 Å². The molecular weight excluding hydrogens is 270 g/mol. The van der Waals surface area contributed by atoms with Crippen molar-refractivity contribution in [3.05, 3.63) is 36.2 Å². The zero-order valence-electron chi connectivity index (χ0n) is 12.1. The van der Waals surface area contributed by atoms with E-state index in [0.717, 1.165) is 0 Å². The number of benzene rings is 1. The number of amides is 1. The molecule has 0 aliphatic carbocycles. The Hall–Kier alpha value is -2.28. The maximum atomic E-state index is 12.3. The number of carbonyl (C=O) groups is 1. The first-order valence-corrected chi connectivity index (χ1v) is 6.86. The van der Waals surface area contributed by atoms with Gasteiger partial charge in [0, 0.05) is 6.54 Å². The molecule has 0 spiro atoms. The molecule has 0 saturated carbocycles. The van der Waals surface area contributed by atoms with Crippen LogP contribution in [0.25, 0.3) is 5.69 Å². The Balaban J connectivity index is 2.06. The molecular formula is C14H19N5O2. The molecule has 0 fully saturated rings. The Morgan fingerprint density at radius 1 is 1.38 bits per heavy atom. The minimum atomic E-state index is -0.370. The molecule has 7 heteroatoms. The highest BCUT2D eigenvalue weighted by atomic mass is 16.3. The Morgan fingerprint density at radius 3 is 2.81 bits per heavy atom. The van der Waals surface area contributed by atoms with Crippen LogP contribution in [-0.4, -0.2) is 43.9 Å². The zero-order valence-corrected chi connectivity index (χ0v) is 12.1. The number of para-hydroxylation sites is 1. The minimum absolute atomic E-state index is 0.182. The summed E-state index contributed by atoms with van der Waals surface area (Å²) in [5, 5.41) is 23.2. The second-order valence-electron chi connectivity index (χ2n) is 5.17. The molecule has 1 amide bonds. The third-order valence-electron chi connectivity index (χ3n) is 3.10. The average molecular weight is 289 g/mol. The molecule has 1 aromatic heterocycles. The van der Waals surface area contributed by atoms with E-state index in [4.69, 9.17) is 0 Å². The van der Waals surface area contributed by atoms with E-state index in [1.54, 1.807) is 25.1 Å². The first kappa shape index (κ1) is 15.1. The molecule has 2 N–H and O–H groups in total. The molecule has 112 valence electrons. The van der Waals surface area contributed by atoms with Crippen LogP contribution >= 0.6 is 0 Å². The van der Waals surface area contributed by atoms with E-state index in [2.05, 4.69) is 20.8 Å². The number of aliphatic hydroxyl groups excluding tert-OH is 1. The van der Waals surface area contributed by atoms with Crippen LogP contribution in [0.1, 0.15) is 30.6 Å². The maximum absolute atomic E-state index is 12.3. The van der Waals surface area contributed by atoms with Gasteiger partial charge in [-0.2, -0.15) is 4.68 Å². The molecule has 2 rings (SSSR count). The number of nitrogens with zero attached hydrogens (tertiary/aromatic N) is 4. The van der Waals surface area contributed by atoms with Crippen LogP contribution in [-0.2, 0) is 0 Å². The van der Waals surface area contributed by atoms with Gasteiger partial charge in [0.1, 0.15) is 6.33 Å². The van der Waals surface area contributed by atoms with Crippen LogP contribution < -0.4 is 5.32 Å². The number of carbonyl (C=O) groups excluding carboxylic acids is 1. The van der Waals surface area contributed by atoms with E-state index in [-0.39, 0.29) is 17.9 Å². The molecule has 0 aliphatic rings. The number of rotatable bonds is 6. The summed E-state index contributed by atoms with van der Waals surface area (Å²) in [5.74, 6) is 0.0210. The lowest BCUT2D eigenvalue weighted by molar-refractivity contribution is 0.0939. The fraction of sp³-hybridized carbons (Fsp3) is 0.429. The standard InChI is InChI=1S/C14H19N5O2/c1-10(7-11(2)20)8-15-14(21)12-5-3-4-6-13(12)19-9-16-17-18-19/h3-6,9-11,20H,7-8H2,1-2H3,(H,15,21). The third kappa shape index (κ3) is 4.09. The number of hydrogen-bond acceptors (Lipinski definition) is 5. The van der Waals surface area contributed by atoms with Crippen LogP contribution in [0.5, 0.6) is 0 Å². The summed E-state index contributed by atoms with van der Waals surface area (Å²) in [5.41, 5.74) is 1.14. The number of aliphatic hydroxyl groups is 1. The third-order valence-corrected chi connectivity index (χ3v) is 3.10. The van der Waals surface area contributed by atoms with E-state index < -0.39 is 0 Å². The quantitative estimate of drug-likeness (QED) is 0.820. The summed E-state index contributed by atoms with van der Waals surface area (Å²) < 4.78 is 1.45. The highest BCUT2D eigenvalue weighted by Crippen LogP contribution is 2.13. The van der Waals surface area contributed by atoms with E-state index in [0.29, 0.717) is 24.2 Å². The average Bonchev–Trinajstić information content (AvgIpc) is 2.98. The Labute approximate surface area is 123 Å². The van der Waals surface area contributed by atoms with E-state index in [1.165, 1.54) is 11.0 Å². The van der Waals surface area contributed by atoms with Crippen molar-refractivity contribution >= 4 is 5.91 Å². The summed E-state index contributed by atoms with van der Waals surface area (Å²) in [4.78, 5) is 12.3. The second kappa shape index (κ2) is 6.94. The van der Waals surface area contributed by atoms with Gasteiger partial charge in [0.15, 0.2) is 0 Å². The van der Waals surface area contributed by atoms with E-state index in [1.807, 2.05) is 13.0 Å². The number of aromatic nitrogens is 4. The summed E-state index contributed by atoms with van der Waals surface area (Å²) in [6.45, 7) is 4.24. The van der Waals surface area contributed by atoms with E-state index in [9.17, 15) is 9.90 Å². The number of hydrogen-bond donors (Lipinski definition) is 2. The van der Waals surface area contributed by atoms with E-state index >= 15 is 0 Å². The lowest BCUT2D eigenvalue weighted by Gasteiger charge is -2.15. The van der Waals surface area contributed by atoms with Crippen LogP contribution in [0.2, 0.25) is 0 Å². The predicted molar refractivity (Wildman–Crippen MR) is 76.9 cm³/mol. The molecule has 2 atom stereocenters. The number of tetrazole rings is 1. The van der Waals surface area contributed by atoms with Gasteiger partial charge in [-0.3, -0.25) is 4.79 Å². The molecule has 0 saturated heterocycles. The smallest absolute Gasteiger partial charge is 0.253 e. The van der Waals surface area contributed by atoms with Gasteiger partial charge in [-0.1, -0.05) is 19.1 Å². The lowest BCUT2D eigenvalue weighted by Crippen LogP contribution is -2.30. The first-order chi connectivity index (χ1) is 10.1. The molecule has 0 bridgehead atoms. The van der Waals surface area contributed by atoms with Crippen molar-refractivity contribution in [3.8, 4) is 5.69 Å². The van der Waals surface area contributed by atoms with Crippen LogP contribution in [0.3, 0.4) is 0 Å². The van der Waals surface area contributed by atoms with Crippen molar-refractivity contribution in [2.75, 3.05) is 6.54 Å². The highest BCUT2D eigenvalue weighted by molar-refractivity contribution is 5.97. The summed E-state index contributed by atoms with van der Waals surface area (Å²) in [6.07, 6.45) is 1.72. The van der Waals surface area contributed by atoms with Crippen molar-refractivity contribution in [3.63, 3.8) is 0 Å². The minimum Gasteiger partial charge on any atom is -0.393 e. The topological polar surface area (TPSA) is 92.9 Å². The Kier molecular flexibility index (Phi) is 4.99. The van der Waals surface area contributed by atoms with Gasteiger partial charge in [-0.05, 0) is 41.8 Å². The van der Waals surface area contributed by atoms with Gasteiger partial charge in [-0.15, -0.1) is 5.10 Å². The lowest BCUT2D eigenvalue weighted by atomic mass is 10.0. The Bertz CT molecular complexity index is 583. The molecule has 1 heterocycles. The molecule has 21 heavy (non-hydrogen) atoms. The normalized spacial score (nSPS) is 13.7. The largest absolute Gasteiger partial charge is 0.393 e. The second-order valence-corrected chi connectivity index (χ2v) is 5.17. The monoisotopic (exact) mass is 289 g/mol. The van der Waals surface area contributed by atoms with Crippen LogP contribution in [0.15, 0.2) is 30.6 Å². The fourth-order valence-corrected chi connectivity index (χ4v) is 2.16. The van der Waals surface area contributed by atoms with Gasteiger partial charge in [0.05, 0.1) is 17.4 Å². The molecule has 7 nitrogen and oxygen atoms in total. The summed E-state index contributed by atoms with van der Waals surface area (Å²) >= 11 is 0. The molecule has 1 aromatic carbocycles. The van der Waals surface area contributed by atoms with Gasteiger partial charge in [0.2, 0.25) is 0 Å². The highest BCUT2D eigenvalue weighted by Gasteiger charge is 2.14. The van der Waals surface area contributed by atoms with Crippen molar-refractivity contribution < 1.29 is 9.90 Å². The van der Waals surface area contributed by atoms with Crippen molar-refractivity contribution in [1.29, 1.82) is 0 Å². The van der Waals surface area contributed by atoms with Crippen molar-refractivity contribution in [2.24, 2.45) is 5.92 Å². The summed E-state index contributed by atoms with van der Waals surface area (Å²) in [6, 6.07) is 7.13. The van der Waals surface area contributed by atoms with Gasteiger partial charge in [-0.25, -0.2) is 0 Å². The number of nitrogens with one attached hydrogen (secondary N) is 1. The summed E-state index contributed by atoms with van der Waals surface area (Å²) in [7, 11) is 0. The zero-order chi connectivity index (χ0) is 15.2. The molecule has 2 unspecified atom stereocenters. The van der Waals surface area contributed by atoms with Crippen LogP contribution in [0, 0.1) is 5.92 Å². The molecule has 0 aliphatic heterocycles. The Morgan fingerprint density at radius 2 is 2.14 bits per heavy atom. The maximum Gasteiger partial charge on any atom is 0.253 e. The fourth-order valence-electron chi connectivity index (χ4n) is 2.16. The van der Waals surface area contributed by atoms with Crippen LogP contribution in [0.4, 0.5) is 0 Å². The first-order valence-electron chi connectivity index (χ1n) is 6.86.